The molecule has 2 rings (SSSR count). The second-order valence-electron chi connectivity index (χ2n) is 3.56. The fourth-order valence-corrected chi connectivity index (χ4v) is 1.94. The van der Waals surface area contributed by atoms with E-state index in [2.05, 4.69) is 0 Å². The maximum absolute atomic E-state index is 9.36. The van der Waals surface area contributed by atoms with Gasteiger partial charge in [-0.15, -0.1) is 0 Å². The van der Waals surface area contributed by atoms with E-state index >= 15 is 0 Å². The Kier molecular flexibility index (Phi) is 2.52. The van der Waals surface area contributed by atoms with Gasteiger partial charge in [0.15, 0.2) is 0 Å². The van der Waals surface area contributed by atoms with Crippen molar-refractivity contribution in [3.05, 3.63) is 23.2 Å². The van der Waals surface area contributed by atoms with Gasteiger partial charge in [-0.1, -0.05) is 11.6 Å². The van der Waals surface area contributed by atoms with Gasteiger partial charge in [0.05, 0.1) is 6.10 Å². The average molecular weight is 214 g/mol. The number of aliphatic hydroxyl groups excluding tert-OH is 1. The van der Waals surface area contributed by atoms with Gasteiger partial charge < -0.3 is 15.1 Å². The molecule has 1 unspecified atom stereocenters. The first kappa shape index (κ1) is 9.62. The maximum Gasteiger partial charge on any atom is 0.119 e. The summed E-state index contributed by atoms with van der Waals surface area (Å²) in [6.45, 7) is 1.42. The lowest BCUT2D eigenvalue weighted by Crippen LogP contribution is -2.20. The van der Waals surface area contributed by atoms with Crippen molar-refractivity contribution in [2.75, 3.05) is 18.0 Å². The third kappa shape index (κ3) is 1.94. The van der Waals surface area contributed by atoms with Crippen LogP contribution in [0, 0.1) is 0 Å². The molecule has 1 saturated heterocycles. The summed E-state index contributed by atoms with van der Waals surface area (Å²) in [6, 6.07) is 4.95. The third-order valence-electron chi connectivity index (χ3n) is 2.40. The molecule has 4 heteroatoms. The van der Waals surface area contributed by atoms with Crippen LogP contribution in [-0.4, -0.2) is 29.4 Å². The summed E-state index contributed by atoms with van der Waals surface area (Å²) < 4.78 is 0. The minimum absolute atomic E-state index is 0.161. The smallest absolute Gasteiger partial charge is 0.119 e. The van der Waals surface area contributed by atoms with Gasteiger partial charge >= 0.3 is 0 Å². The zero-order valence-corrected chi connectivity index (χ0v) is 8.41. The van der Waals surface area contributed by atoms with Crippen molar-refractivity contribution in [1.29, 1.82) is 0 Å². The first-order chi connectivity index (χ1) is 6.65. The molecule has 0 radical (unpaired) electrons. The molecule has 0 saturated carbocycles. The predicted molar refractivity (Wildman–Crippen MR) is 56.0 cm³/mol. The number of aliphatic hydroxyl groups is 1. The zero-order valence-electron chi connectivity index (χ0n) is 7.65. The van der Waals surface area contributed by atoms with Crippen LogP contribution in [0.5, 0.6) is 5.75 Å². The number of rotatable bonds is 1. The maximum atomic E-state index is 9.36. The van der Waals surface area contributed by atoms with Crippen LogP contribution >= 0.6 is 11.6 Å². The van der Waals surface area contributed by atoms with Crippen molar-refractivity contribution in [3.63, 3.8) is 0 Å². The van der Waals surface area contributed by atoms with E-state index in [1.165, 1.54) is 6.07 Å². The highest BCUT2D eigenvalue weighted by atomic mass is 35.5. The molecule has 76 valence electrons. The Labute approximate surface area is 87.5 Å². The second kappa shape index (κ2) is 3.67. The third-order valence-corrected chi connectivity index (χ3v) is 2.61. The normalized spacial score (nSPS) is 21.6. The summed E-state index contributed by atoms with van der Waals surface area (Å²) in [4.78, 5) is 2.01. The highest BCUT2D eigenvalue weighted by Crippen LogP contribution is 2.28. The first-order valence-corrected chi connectivity index (χ1v) is 4.95. The summed E-state index contributed by atoms with van der Waals surface area (Å²) >= 11 is 5.82. The Bertz CT molecular complexity index is 323. The number of anilines is 1. The Balaban J connectivity index is 2.23. The molecule has 14 heavy (non-hydrogen) atoms. The van der Waals surface area contributed by atoms with Gasteiger partial charge in [-0.25, -0.2) is 0 Å². The molecule has 0 aromatic heterocycles. The molecule has 2 N–H and O–H groups in total. The molecule has 0 amide bonds. The summed E-state index contributed by atoms with van der Waals surface area (Å²) in [5.74, 6) is 0.161. The van der Waals surface area contributed by atoms with E-state index in [0.717, 1.165) is 18.7 Å². The summed E-state index contributed by atoms with van der Waals surface area (Å²) in [5.41, 5.74) is 0.867. The van der Waals surface area contributed by atoms with Crippen molar-refractivity contribution >= 4 is 17.3 Å². The minimum atomic E-state index is -0.267. The Morgan fingerprint density at radius 3 is 2.71 bits per heavy atom. The number of nitrogens with zero attached hydrogens (tertiary/aromatic N) is 1. The van der Waals surface area contributed by atoms with Crippen molar-refractivity contribution in [2.45, 2.75) is 12.5 Å². The Morgan fingerprint density at radius 2 is 2.14 bits per heavy atom. The van der Waals surface area contributed by atoms with Crippen LogP contribution < -0.4 is 4.90 Å². The molecular formula is C10H12ClNO2. The highest BCUT2D eigenvalue weighted by Gasteiger charge is 2.20. The number of hydrogen-bond acceptors (Lipinski definition) is 3. The molecule has 3 nitrogen and oxygen atoms in total. The van der Waals surface area contributed by atoms with Crippen molar-refractivity contribution in [3.8, 4) is 5.75 Å². The van der Waals surface area contributed by atoms with Gasteiger partial charge in [0.1, 0.15) is 5.75 Å². The van der Waals surface area contributed by atoms with E-state index in [0.29, 0.717) is 11.6 Å². The van der Waals surface area contributed by atoms with Crippen LogP contribution in [0.4, 0.5) is 5.69 Å². The molecule has 1 heterocycles. The largest absolute Gasteiger partial charge is 0.508 e. The van der Waals surface area contributed by atoms with E-state index < -0.39 is 0 Å². The molecule has 1 aliphatic heterocycles. The van der Waals surface area contributed by atoms with Gasteiger partial charge in [-0.3, -0.25) is 0 Å². The molecule has 1 atom stereocenters. The fourth-order valence-electron chi connectivity index (χ4n) is 1.72. The van der Waals surface area contributed by atoms with Crippen molar-refractivity contribution < 1.29 is 10.2 Å². The zero-order chi connectivity index (χ0) is 10.1. The van der Waals surface area contributed by atoms with Gasteiger partial charge in [0.2, 0.25) is 0 Å². The predicted octanol–water partition coefficient (Wildman–Crippen LogP) is 1.62. The minimum Gasteiger partial charge on any atom is -0.508 e. The number of phenolic OH excluding ortho intramolecular Hbond substituents is 1. The lowest BCUT2D eigenvalue weighted by atomic mass is 10.3. The lowest BCUT2D eigenvalue weighted by Gasteiger charge is -2.18. The SMILES string of the molecule is Oc1cc(Cl)cc(N2CCC(O)C2)c1. The van der Waals surface area contributed by atoms with Crippen LogP contribution in [-0.2, 0) is 0 Å². The summed E-state index contributed by atoms with van der Waals surface area (Å²) in [5, 5.41) is 19.2. The van der Waals surface area contributed by atoms with Crippen LogP contribution in [0.25, 0.3) is 0 Å². The molecule has 1 fully saturated rings. The molecule has 0 spiro atoms. The number of aromatic hydroxyl groups is 1. The number of phenols is 1. The topological polar surface area (TPSA) is 43.7 Å². The number of hydrogen-bond donors (Lipinski definition) is 2. The molecule has 0 bridgehead atoms. The van der Waals surface area contributed by atoms with Crippen LogP contribution in [0.2, 0.25) is 5.02 Å². The van der Waals surface area contributed by atoms with E-state index in [9.17, 15) is 10.2 Å². The van der Waals surface area contributed by atoms with Crippen molar-refractivity contribution in [2.24, 2.45) is 0 Å². The van der Waals surface area contributed by atoms with E-state index in [-0.39, 0.29) is 11.9 Å². The van der Waals surface area contributed by atoms with E-state index in [1.54, 1.807) is 12.1 Å². The van der Waals surface area contributed by atoms with Crippen LogP contribution in [0.15, 0.2) is 18.2 Å². The standard InChI is InChI=1S/C10H12ClNO2/c11-7-3-8(5-10(14)4-7)12-2-1-9(13)6-12/h3-5,9,13-14H,1-2,6H2. The molecular weight excluding hydrogens is 202 g/mol. The van der Waals surface area contributed by atoms with E-state index in [1.807, 2.05) is 4.90 Å². The Hall–Kier alpha value is -0.930. The number of β-amino-alcohol motifs (C(OH)–C–C–N with tert-alkyl or cyclic N) is 1. The van der Waals surface area contributed by atoms with Crippen molar-refractivity contribution in [1.82, 2.24) is 0 Å². The second-order valence-corrected chi connectivity index (χ2v) is 3.99. The monoisotopic (exact) mass is 213 g/mol. The quantitative estimate of drug-likeness (QED) is 0.745. The molecule has 0 aliphatic carbocycles. The van der Waals surface area contributed by atoms with Gasteiger partial charge in [0, 0.05) is 29.9 Å². The average Bonchev–Trinajstić information content (AvgIpc) is 2.50. The van der Waals surface area contributed by atoms with Gasteiger partial charge in [-0.05, 0) is 18.6 Å². The van der Waals surface area contributed by atoms with Crippen LogP contribution in [0.3, 0.4) is 0 Å². The highest BCUT2D eigenvalue weighted by molar-refractivity contribution is 6.31. The summed E-state index contributed by atoms with van der Waals surface area (Å²) in [7, 11) is 0. The molecule has 1 aromatic rings. The van der Waals surface area contributed by atoms with Gasteiger partial charge in [-0.2, -0.15) is 0 Å². The number of benzene rings is 1. The summed E-state index contributed by atoms with van der Waals surface area (Å²) in [6.07, 6.45) is 0.504. The lowest BCUT2D eigenvalue weighted by molar-refractivity contribution is 0.198. The van der Waals surface area contributed by atoms with Gasteiger partial charge in [0.25, 0.3) is 0 Å². The van der Waals surface area contributed by atoms with E-state index in [4.69, 9.17) is 11.6 Å². The first-order valence-electron chi connectivity index (χ1n) is 4.58. The number of halogens is 1. The van der Waals surface area contributed by atoms with Crippen LogP contribution in [0.1, 0.15) is 6.42 Å². The molecule has 1 aromatic carbocycles. The Morgan fingerprint density at radius 1 is 1.36 bits per heavy atom. The fraction of sp³-hybridized carbons (Fsp3) is 0.400. The molecule has 1 aliphatic rings.